The highest BCUT2D eigenvalue weighted by Gasteiger charge is 2.21. The van der Waals surface area contributed by atoms with Gasteiger partial charge in [0.1, 0.15) is 0 Å². The average molecular weight is 455 g/mol. The summed E-state index contributed by atoms with van der Waals surface area (Å²) in [7, 11) is -3.65. The summed E-state index contributed by atoms with van der Waals surface area (Å²) in [4.78, 5) is 16.8. The van der Waals surface area contributed by atoms with Crippen LogP contribution in [0.25, 0.3) is 5.69 Å². The molecule has 8 nitrogen and oxygen atoms in total. The Kier molecular flexibility index (Phi) is 6.69. The molecule has 9 heteroatoms. The molecule has 2 unspecified atom stereocenters. The number of ether oxygens (including phenoxy) is 1. The second kappa shape index (κ2) is 9.64. The van der Waals surface area contributed by atoms with Crippen molar-refractivity contribution in [3.63, 3.8) is 0 Å². The quantitative estimate of drug-likeness (QED) is 0.545. The predicted molar refractivity (Wildman–Crippen MR) is 120 cm³/mol. The van der Waals surface area contributed by atoms with E-state index in [-0.39, 0.29) is 29.5 Å². The van der Waals surface area contributed by atoms with Gasteiger partial charge in [0.2, 0.25) is 10.0 Å². The number of benzene rings is 2. The lowest BCUT2D eigenvalue weighted by atomic mass is 10.1. The fraction of sp³-hybridized carbons (Fsp3) is 0.304. The summed E-state index contributed by atoms with van der Waals surface area (Å²) >= 11 is 0. The first-order valence-corrected chi connectivity index (χ1v) is 12.0. The minimum atomic E-state index is -3.65. The first kappa shape index (κ1) is 22.2. The highest BCUT2D eigenvalue weighted by Crippen LogP contribution is 2.18. The third-order valence-electron chi connectivity index (χ3n) is 5.50. The van der Waals surface area contributed by atoms with Gasteiger partial charge in [-0.05, 0) is 61.7 Å². The molecule has 0 aliphatic carbocycles. The van der Waals surface area contributed by atoms with Gasteiger partial charge in [-0.3, -0.25) is 4.79 Å². The van der Waals surface area contributed by atoms with Crippen LogP contribution < -0.4 is 10.0 Å². The van der Waals surface area contributed by atoms with E-state index in [0.29, 0.717) is 12.2 Å². The standard InChI is InChI=1S/C23H26N4O4S/c1-17(18-4-8-20(9-5-18)27-13-12-24-16-27)26-23(28)19-6-10-22(11-7-19)32(29,30)25-15-21-3-2-14-31-21/h4-13,16-17,21,25H,2-3,14-15H2,1H3,(H,26,28). The zero-order valence-corrected chi connectivity index (χ0v) is 18.6. The number of amides is 1. The summed E-state index contributed by atoms with van der Waals surface area (Å²) in [6, 6.07) is 13.5. The van der Waals surface area contributed by atoms with Crippen molar-refractivity contribution in [3.05, 3.63) is 78.4 Å². The zero-order valence-electron chi connectivity index (χ0n) is 17.8. The highest BCUT2D eigenvalue weighted by molar-refractivity contribution is 7.89. The van der Waals surface area contributed by atoms with Crippen LogP contribution in [0.4, 0.5) is 0 Å². The van der Waals surface area contributed by atoms with Crippen LogP contribution in [0.2, 0.25) is 0 Å². The van der Waals surface area contributed by atoms with E-state index in [0.717, 1.165) is 24.1 Å². The Morgan fingerprint density at radius 2 is 1.94 bits per heavy atom. The molecular formula is C23H26N4O4S. The molecule has 2 heterocycles. The molecule has 0 radical (unpaired) electrons. The minimum Gasteiger partial charge on any atom is -0.377 e. The van der Waals surface area contributed by atoms with Crippen LogP contribution in [0.3, 0.4) is 0 Å². The molecule has 0 spiro atoms. The van der Waals surface area contributed by atoms with Gasteiger partial charge < -0.3 is 14.6 Å². The van der Waals surface area contributed by atoms with E-state index in [9.17, 15) is 13.2 Å². The summed E-state index contributed by atoms with van der Waals surface area (Å²) < 4.78 is 34.9. The van der Waals surface area contributed by atoms with Crippen LogP contribution in [0, 0.1) is 0 Å². The van der Waals surface area contributed by atoms with E-state index in [1.54, 1.807) is 12.5 Å². The largest absolute Gasteiger partial charge is 0.377 e. The SMILES string of the molecule is CC(NC(=O)c1ccc(S(=O)(=O)NCC2CCCO2)cc1)c1ccc(-n2ccnc2)cc1. The molecule has 32 heavy (non-hydrogen) atoms. The molecule has 3 aromatic rings. The normalized spacial score (nSPS) is 17.2. The molecule has 2 aromatic carbocycles. The molecular weight excluding hydrogens is 428 g/mol. The maximum absolute atomic E-state index is 12.6. The van der Waals surface area contributed by atoms with Gasteiger partial charge in [-0.15, -0.1) is 0 Å². The summed E-state index contributed by atoms with van der Waals surface area (Å²) in [6.07, 6.45) is 7.03. The van der Waals surface area contributed by atoms with Gasteiger partial charge in [0.25, 0.3) is 5.91 Å². The number of hydrogen-bond acceptors (Lipinski definition) is 5. The monoisotopic (exact) mass is 454 g/mol. The maximum Gasteiger partial charge on any atom is 0.251 e. The molecule has 4 rings (SSSR count). The maximum atomic E-state index is 12.6. The van der Waals surface area contributed by atoms with E-state index < -0.39 is 10.0 Å². The van der Waals surface area contributed by atoms with E-state index in [1.165, 1.54) is 24.3 Å². The molecule has 0 saturated carbocycles. The van der Waals surface area contributed by atoms with Gasteiger partial charge >= 0.3 is 0 Å². The first-order valence-electron chi connectivity index (χ1n) is 10.5. The minimum absolute atomic E-state index is 0.0784. The summed E-state index contributed by atoms with van der Waals surface area (Å²) in [6.45, 7) is 2.82. The Hall–Kier alpha value is -3.01. The number of sulfonamides is 1. The van der Waals surface area contributed by atoms with Crippen LogP contribution in [0.1, 0.15) is 41.7 Å². The van der Waals surface area contributed by atoms with E-state index >= 15 is 0 Å². The summed E-state index contributed by atoms with van der Waals surface area (Å²) in [5.74, 6) is -0.271. The van der Waals surface area contributed by atoms with Crippen molar-refractivity contribution in [3.8, 4) is 5.69 Å². The summed E-state index contributed by atoms with van der Waals surface area (Å²) in [5, 5.41) is 2.95. The molecule has 1 aromatic heterocycles. The molecule has 0 bridgehead atoms. The van der Waals surface area contributed by atoms with Gasteiger partial charge in [0, 0.05) is 36.8 Å². The molecule has 1 aliphatic heterocycles. The van der Waals surface area contributed by atoms with Crippen molar-refractivity contribution < 1.29 is 17.9 Å². The van der Waals surface area contributed by atoms with Gasteiger partial charge in [-0.1, -0.05) is 12.1 Å². The van der Waals surface area contributed by atoms with Crippen LogP contribution in [0.5, 0.6) is 0 Å². The van der Waals surface area contributed by atoms with Crippen molar-refractivity contribution >= 4 is 15.9 Å². The Balaban J connectivity index is 1.35. The molecule has 1 amide bonds. The zero-order chi connectivity index (χ0) is 22.6. The Morgan fingerprint density at radius 1 is 1.19 bits per heavy atom. The first-order chi connectivity index (χ1) is 15.4. The number of nitrogens with zero attached hydrogens (tertiary/aromatic N) is 2. The van der Waals surface area contributed by atoms with E-state index in [4.69, 9.17) is 4.74 Å². The Bertz CT molecular complexity index is 1140. The molecule has 2 atom stereocenters. The lowest BCUT2D eigenvalue weighted by molar-refractivity contribution is 0.0939. The van der Waals surface area contributed by atoms with Gasteiger partial charge in [-0.25, -0.2) is 18.1 Å². The number of imidazole rings is 1. The van der Waals surface area contributed by atoms with Crippen LogP contribution in [0.15, 0.2) is 72.1 Å². The number of carbonyl (C=O) groups is 1. The Labute approximate surface area is 187 Å². The third kappa shape index (κ3) is 5.24. The van der Waals surface area contributed by atoms with Crippen LogP contribution in [-0.2, 0) is 14.8 Å². The number of nitrogens with one attached hydrogen (secondary N) is 2. The van der Waals surface area contributed by atoms with Crippen molar-refractivity contribution in [1.29, 1.82) is 0 Å². The number of hydrogen-bond donors (Lipinski definition) is 2. The molecule has 1 aliphatic rings. The summed E-state index contributed by atoms with van der Waals surface area (Å²) in [5.41, 5.74) is 2.33. The molecule has 2 N–H and O–H groups in total. The number of rotatable bonds is 8. The van der Waals surface area contributed by atoms with Crippen molar-refractivity contribution in [1.82, 2.24) is 19.6 Å². The fourth-order valence-electron chi connectivity index (χ4n) is 3.59. The highest BCUT2D eigenvalue weighted by atomic mass is 32.2. The van der Waals surface area contributed by atoms with Gasteiger partial charge in [0.05, 0.1) is 23.4 Å². The van der Waals surface area contributed by atoms with Gasteiger partial charge in [0.15, 0.2) is 0 Å². The van der Waals surface area contributed by atoms with Crippen molar-refractivity contribution in [2.24, 2.45) is 0 Å². The lowest BCUT2D eigenvalue weighted by Crippen LogP contribution is -2.32. The molecule has 168 valence electrons. The third-order valence-corrected chi connectivity index (χ3v) is 6.93. The number of carbonyl (C=O) groups excluding carboxylic acids is 1. The fourth-order valence-corrected chi connectivity index (χ4v) is 4.65. The average Bonchev–Trinajstić information content (AvgIpc) is 3.52. The lowest BCUT2D eigenvalue weighted by Gasteiger charge is -2.15. The van der Waals surface area contributed by atoms with Crippen molar-refractivity contribution in [2.75, 3.05) is 13.2 Å². The topological polar surface area (TPSA) is 102 Å². The smallest absolute Gasteiger partial charge is 0.251 e. The van der Waals surface area contributed by atoms with E-state index in [1.807, 2.05) is 42.0 Å². The second-order valence-corrected chi connectivity index (χ2v) is 9.53. The molecule has 1 fully saturated rings. The van der Waals surface area contributed by atoms with Gasteiger partial charge in [-0.2, -0.15) is 0 Å². The molecule has 1 saturated heterocycles. The van der Waals surface area contributed by atoms with Crippen molar-refractivity contribution in [2.45, 2.75) is 36.8 Å². The number of aromatic nitrogens is 2. The van der Waals surface area contributed by atoms with Crippen LogP contribution >= 0.6 is 0 Å². The predicted octanol–water partition coefficient (Wildman–Crippen LogP) is 2.82. The Morgan fingerprint density at radius 3 is 2.56 bits per heavy atom. The van der Waals surface area contributed by atoms with E-state index in [2.05, 4.69) is 15.0 Å². The van der Waals surface area contributed by atoms with Crippen LogP contribution in [-0.4, -0.2) is 43.1 Å². The second-order valence-electron chi connectivity index (χ2n) is 7.77.